The third kappa shape index (κ3) is 4.36. The third-order valence-electron chi connectivity index (χ3n) is 1.71. The second-order valence-corrected chi connectivity index (χ2v) is 2.78. The standard InChI is InChI=1S/C6H13NO8/c8-1-3(10)5(11)6(12)4(2-9)15-7(13)14/h3-6,8-12H,1-2H2/t3-,4+,5+,6+/m0/s1. The highest BCUT2D eigenvalue weighted by Crippen LogP contribution is 2.08. The molecule has 0 fully saturated rings. The molecule has 0 aliphatic rings. The maximum atomic E-state index is 9.90. The van der Waals surface area contributed by atoms with Gasteiger partial charge in [0.25, 0.3) is 5.09 Å². The van der Waals surface area contributed by atoms with Crippen molar-refractivity contribution in [2.75, 3.05) is 13.2 Å². The Kier molecular flexibility index (Phi) is 6.05. The van der Waals surface area contributed by atoms with Gasteiger partial charge in [0, 0.05) is 0 Å². The molecule has 0 bridgehead atoms. The second-order valence-electron chi connectivity index (χ2n) is 2.78. The monoisotopic (exact) mass is 227 g/mol. The summed E-state index contributed by atoms with van der Waals surface area (Å²) in [4.78, 5) is 13.7. The van der Waals surface area contributed by atoms with Gasteiger partial charge in [0.15, 0.2) is 6.10 Å². The predicted molar refractivity (Wildman–Crippen MR) is 44.1 cm³/mol. The zero-order valence-corrected chi connectivity index (χ0v) is 7.63. The third-order valence-corrected chi connectivity index (χ3v) is 1.71. The summed E-state index contributed by atoms with van der Waals surface area (Å²) in [6.07, 6.45) is -7.10. The minimum atomic E-state index is -1.89. The Morgan fingerprint density at radius 3 is 2.00 bits per heavy atom. The molecule has 9 nitrogen and oxygen atoms in total. The van der Waals surface area contributed by atoms with Crippen LogP contribution in [0.25, 0.3) is 0 Å². The van der Waals surface area contributed by atoms with Gasteiger partial charge in [0.1, 0.15) is 18.3 Å². The highest BCUT2D eigenvalue weighted by Gasteiger charge is 2.33. The SMILES string of the molecule is O=[N+]([O-])O[C@H](CO)[C@@H](O)[C@H](O)[C@@H](O)CO. The summed E-state index contributed by atoms with van der Waals surface area (Å²) in [7, 11) is 0. The summed E-state index contributed by atoms with van der Waals surface area (Å²) in [6.45, 7) is -1.76. The van der Waals surface area contributed by atoms with Crippen molar-refractivity contribution in [1.29, 1.82) is 0 Å². The van der Waals surface area contributed by atoms with E-state index in [0.29, 0.717) is 0 Å². The molecule has 0 radical (unpaired) electrons. The highest BCUT2D eigenvalue weighted by molar-refractivity contribution is 4.80. The van der Waals surface area contributed by atoms with Gasteiger partial charge in [-0.25, -0.2) is 0 Å². The van der Waals surface area contributed by atoms with E-state index in [1.54, 1.807) is 0 Å². The fourth-order valence-corrected chi connectivity index (χ4v) is 0.870. The van der Waals surface area contributed by atoms with Crippen molar-refractivity contribution in [2.24, 2.45) is 0 Å². The van der Waals surface area contributed by atoms with E-state index >= 15 is 0 Å². The molecule has 9 heteroatoms. The molecular formula is C6H13NO8. The molecule has 5 N–H and O–H groups in total. The largest absolute Gasteiger partial charge is 0.394 e. The molecule has 0 saturated heterocycles. The van der Waals surface area contributed by atoms with Gasteiger partial charge in [-0.2, -0.15) is 0 Å². The van der Waals surface area contributed by atoms with Crippen LogP contribution >= 0.6 is 0 Å². The van der Waals surface area contributed by atoms with E-state index in [1.165, 1.54) is 0 Å². The van der Waals surface area contributed by atoms with E-state index in [4.69, 9.17) is 20.4 Å². The first-order valence-electron chi connectivity index (χ1n) is 4.01. The van der Waals surface area contributed by atoms with Crippen LogP contribution in [0.1, 0.15) is 0 Å². The van der Waals surface area contributed by atoms with Crippen molar-refractivity contribution in [3.8, 4) is 0 Å². The van der Waals surface area contributed by atoms with Gasteiger partial charge in [-0.05, 0) is 0 Å². The topological polar surface area (TPSA) is 154 Å². The molecule has 0 aromatic rings. The van der Waals surface area contributed by atoms with E-state index < -0.39 is 42.7 Å². The summed E-state index contributed by atoms with van der Waals surface area (Å²) in [5, 5.41) is 52.9. The Labute approximate surface area is 84.3 Å². The number of hydrogen-bond acceptors (Lipinski definition) is 8. The molecule has 0 rings (SSSR count). The summed E-state index contributed by atoms with van der Waals surface area (Å²) < 4.78 is 0. The van der Waals surface area contributed by atoms with Gasteiger partial charge in [0.05, 0.1) is 13.2 Å². The minimum absolute atomic E-state index is 0.838. The van der Waals surface area contributed by atoms with Crippen molar-refractivity contribution in [3.05, 3.63) is 10.1 Å². The molecule has 0 aliphatic carbocycles. The molecule has 0 spiro atoms. The van der Waals surface area contributed by atoms with Crippen LogP contribution in [-0.2, 0) is 4.84 Å². The number of aliphatic hydroxyl groups is 5. The molecule has 0 saturated carbocycles. The van der Waals surface area contributed by atoms with Crippen LogP contribution in [0.2, 0.25) is 0 Å². The van der Waals surface area contributed by atoms with Gasteiger partial charge in [-0.3, -0.25) is 0 Å². The molecule has 90 valence electrons. The summed E-state index contributed by atoms with van der Waals surface area (Å²) in [6, 6.07) is 0. The average molecular weight is 227 g/mol. The van der Waals surface area contributed by atoms with Gasteiger partial charge < -0.3 is 30.4 Å². The summed E-state index contributed by atoms with van der Waals surface area (Å²) in [5.74, 6) is 0. The van der Waals surface area contributed by atoms with Crippen LogP contribution < -0.4 is 0 Å². The van der Waals surface area contributed by atoms with Crippen LogP contribution in [0, 0.1) is 10.1 Å². The number of aliphatic hydroxyl groups excluding tert-OH is 5. The molecule has 0 unspecified atom stereocenters. The van der Waals surface area contributed by atoms with Crippen LogP contribution in [0.15, 0.2) is 0 Å². The van der Waals surface area contributed by atoms with E-state index in [0.717, 1.165) is 0 Å². The maximum Gasteiger partial charge on any atom is 0.294 e. The van der Waals surface area contributed by atoms with Crippen LogP contribution in [0.4, 0.5) is 0 Å². The first-order valence-corrected chi connectivity index (χ1v) is 4.01. The van der Waals surface area contributed by atoms with E-state index in [2.05, 4.69) is 4.84 Å². The minimum Gasteiger partial charge on any atom is -0.394 e. The Morgan fingerprint density at radius 2 is 1.67 bits per heavy atom. The Balaban J connectivity index is 4.35. The molecule has 0 aliphatic heterocycles. The van der Waals surface area contributed by atoms with Gasteiger partial charge in [-0.15, -0.1) is 10.1 Å². The van der Waals surface area contributed by atoms with Crippen LogP contribution in [-0.4, -0.2) is 68.2 Å². The lowest BCUT2D eigenvalue weighted by Crippen LogP contribution is -2.48. The molecule has 0 aromatic heterocycles. The fourth-order valence-electron chi connectivity index (χ4n) is 0.870. The normalized spacial score (nSPS) is 19.0. The average Bonchev–Trinajstić information content (AvgIpc) is 2.22. The molecule has 4 atom stereocenters. The Hall–Kier alpha value is -1.00. The molecule has 0 heterocycles. The van der Waals surface area contributed by atoms with Crippen molar-refractivity contribution >= 4 is 0 Å². The van der Waals surface area contributed by atoms with Gasteiger partial charge in [0.2, 0.25) is 0 Å². The van der Waals surface area contributed by atoms with Crippen molar-refractivity contribution in [3.63, 3.8) is 0 Å². The second kappa shape index (κ2) is 6.48. The van der Waals surface area contributed by atoms with Crippen molar-refractivity contribution in [1.82, 2.24) is 0 Å². The lowest BCUT2D eigenvalue weighted by atomic mass is 10.0. The maximum absolute atomic E-state index is 9.90. The lowest BCUT2D eigenvalue weighted by Gasteiger charge is -2.25. The first-order chi connectivity index (χ1) is 6.93. The summed E-state index contributed by atoms with van der Waals surface area (Å²) in [5.41, 5.74) is 0. The quantitative estimate of drug-likeness (QED) is 0.223. The van der Waals surface area contributed by atoms with E-state index in [9.17, 15) is 15.2 Å². The smallest absolute Gasteiger partial charge is 0.294 e. The van der Waals surface area contributed by atoms with Crippen molar-refractivity contribution in [2.45, 2.75) is 24.4 Å². The Bertz CT molecular complexity index is 200. The van der Waals surface area contributed by atoms with Crippen LogP contribution in [0.5, 0.6) is 0 Å². The molecular weight excluding hydrogens is 214 g/mol. The highest BCUT2D eigenvalue weighted by atomic mass is 17.0. The molecule has 15 heavy (non-hydrogen) atoms. The number of nitrogens with zero attached hydrogens (tertiary/aromatic N) is 1. The predicted octanol–water partition coefficient (Wildman–Crippen LogP) is -3.37. The molecule has 0 aromatic carbocycles. The van der Waals surface area contributed by atoms with E-state index in [-0.39, 0.29) is 0 Å². The van der Waals surface area contributed by atoms with Gasteiger partial charge >= 0.3 is 0 Å². The molecule has 0 amide bonds. The fraction of sp³-hybridized carbons (Fsp3) is 1.00. The number of hydrogen-bond donors (Lipinski definition) is 5. The first kappa shape index (κ1) is 14.0. The van der Waals surface area contributed by atoms with Gasteiger partial charge in [-0.1, -0.05) is 0 Å². The number of rotatable bonds is 7. The summed E-state index contributed by atoms with van der Waals surface area (Å²) >= 11 is 0. The zero-order valence-electron chi connectivity index (χ0n) is 7.63. The van der Waals surface area contributed by atoms with Crippen LogP contribution in [0.3, 0.4) is 0 Å². The lowest BCUT2D eigenvalue weighted by molar-refractivity contribution is -0.771. The Morgan fingerprint density at radius 1 is 1.13 bits per heavy atom. The van der Waals surface area contributed by atoms with Crippen molar-refractivity contribution < 1.29 is 35.5 Å². The van der Waals surface area contributed by atoms with E-state index in [1.807, 2.05) is 0 Å². The zero-order chi connectivity index (χ0) is 12.0.